The Bertz CT molecular complexity index is 470. The Balaban J connectivity index is 1.96. The summed E-state index contributed by atoms with van der Waals surface area (Å²) < 4.78 is 5.48. The predicted octanol–water partition coefficient (Wildman–Crippen LogP) is 3.06. The Morgan fingerprint density at radius 1 is 1.47 bits per heavy atom. The molecule has 0 atom stereocenters. The summed E-state index contributed by atoms with van der Waals surface area (Å²) in [4.78, 5) is 9.67. The van der Waals surface area contributed by atoms with E-state index < -0.39 is 0 Å². The first kappa shape index (κ1) is 9.09. The van der Waals surface area contributed by atoms with Crippen LogP contribution in [0.2, 0.25) is 0 Å². The van der Waals surface area contributed by atoms with E-state index in [1.807, 2.05) is 12.4 Å². The van der Waals surface area contributed by atoms with Gasteiger partial charge in [0.25, 0.3) is 0 Å². The maximum absolute atomic E-state index is 5.48. The van der Waals surface area contributed by atoms with Crippen molar-refractivity contribution in [2.75, 3.05) is 0 Å². The lowest BCUT2D eigenvalue weighted by atomic mass is 10.1. The summed E-state index contributed by atoms with van der Waals surface area (Å²) in [6, 6.07) is 0. The van der Waals surface area contributed by atoms with E-state index >= 15 is 0 Å². The zero-order chi connectivity index (χ0) is 10.3. The van der Waals surface area contributed by atoms with E-state index in [2.05, 4.69) is 9.97 Å². The van der Waals surface area contributed by atoms with E-state index in [1.54, 1.807) is 17.7 Å². The lowest BCUT2D eigenvalue weighted by Gasteiger charge is -1.97. The summed E-state index contributed by atoms with van der Waals surface area (Å²) in [7, 11) is 0. The molecule has 4 heteroatoms. The molecule has 1 aliphatic rings. The summed E-state index contributed by atoms with van der Waals surface area (Å²) in [5.74, 6) is 1.77. The van der Waals surface area contributed by atoms with Gasteiger partial charge in [0.1, 0.15) is 0 Å². The van der Waals surface area contributed by atoms with Crippen LogP contribution < -0.4 is 0 Å². The SMILES string of the molecule is Cc1ncsc1-c1ocnc1CC1CC1. The molecular formula is C11H12N2OS. The molecule has 0 N–H and O–H groups in total. The van der Waals surface area contributed by atoms with Crippen molar-refractivity contribution in [3.8, 4) is 10.6 Å². The summed E-state index contributed by atoms with van der Waals surface area (Å²) in [5.41, 5.74) is 3.99. The van der Waals surface area contributed by atoms with Gasteiger partial charge in [-0.15, -0.1) is 11.3 Å². The van der Waals surface area contributed by atoms with Gasteiger partial charge in [0.05, 0.1) is 21.8 Å². The second kappa shape index (κ2) is 3.45. The Hall–Kier alpha value is -1.16. The van der Waals surface area contributed by atoms with Crippen LogP contribution in [-0.2, 0) is 6.42 Å². The molecule has 0 saturated heterocycles. The van der Waals surface area contributed by atoms with Crippen molar-refractivity contribution in [2.45, 2.75) is 26.2 Å². The van der Waals surface area contributed by atoms with E-state index in [1.165, 1.54) is 12.8 Å². The van der Waals surface area contributed by atoms with E-state index in [0.29, 0.717) is 0 Å². The standard InChI is InChI=1S/C11H12N2OS/c1-7-11(15-6-13-7)10-9(12-5-14-10)4-8-2-3-8/h5-6,8H,2-4H2,1H3. The summed E-state index contributed by atoms with van der Waals surface area (Å²) in [5, 5.41) is 0. The van der Waals surface area contributed by atoms with E-state index in [4.69, 9.17) is 4.42 Å². The molecule has 0 aromatic carbocycles. The Morgan fingerprint density at radius 3 is 3.00 bits per heavy atom. The molecule has 0 spiro atoms. The number of nitrogens with zero attached hydrogens (tertiary/aromatic N) is 2. The molecule has 2 heterocycles. The van der Waals surface area contributed by atoms with Crippen molar-refractivity contribution < 1.29 is 4.42 Å². The molecule has 2 aromatic rings. The molecule has 0 radical (unpaired) electrons. The van der Waals surface area contributed by atoms with Crippen LogP contribution in [0, 0.1) is 12.8 Å². The smallest absolute Gasteiger partial charge is 0.181 e. The van der Waals surface area contributed by atoms with Crippen molar-refractivity contribution in [1.82, 2.24) is 9.97 Å². The molecule has 1 aliphatic carbocycles. The highest BCUT2D eigenvalue weighted by molar-refractivity contribution is 7.13. The van der Waals surface area contributed by atoms with Crippen LogP contribution in [0.1, 0.15) is 24.2 Å². The van der Waals surface area contributed by atoms with Crippen molar-refractivity contribution in [1.29, 1.82) is 0 Å². The first-order valence-corrected chi connectivity index (χ1v) is 6.05. The third-order valence-electron chi connectivity index (χ3n) is 2.77. The highest BCUT2D eigenvalue weighted by Gasteiger charge is 2.25. The molecule has 3 rings (SSSR count). The first-order valence-electron chi connectivity index (χ1n) is 5.17. The van der Waals surface area contributed by atoms with Gasteiger partial charge in [0, 0.05) is 0 Å². The number of hydrogen-bond donors (Lipinski definition) is 0. The first-order chi connectivity index (χ1) is 7.34. The third kappa shape index (κ3) is 1.69. The van der Waals surface area contributed by atoms with Crippen molar-refractivity contribution in [2.24, 2.45) is 5.92 Å². The monoisotopic (exact) mass is 220 g/mol. The molecule has 1 saturated carbocycles. The number of aryl methyl sites for hydroxylation is 1. The second-order valence-corrected chi connectivity index (χ2v) is 4.90. The number of hydrogen-bond acceptors (Lipinski definition) is 4. The summed E-state index contributed by atoms with van der Waals surface area (Å²) >= 11 is 1.62. The van der Waals surface area contributed by atoms with Crippen LogP contribution in [0.3, 0.4) is 0 Å². The van der Waals surface area contributed by atoms with Crippen molar-refractivity contribution >= 4 is 11.3 Å². The van der Waals surface area contributed by atoms with Gasteiger partial charge in [-0.3, -0.25) is 0 Å². The van der Waals surface area contributed by atoms with Gasteiger partial charge < -0.3 is 4.42 Å². The molecule has 0 amide bonds. The molecule has 0 bridgehead atoms. The third-order valence-corrected chi connectivity index (χ3v) is 3.70. The van der Waals surface area contributed by atoms with Gasteiger partial charge in [-0.2, -0.15) is 0 Å². The molecule has 3 nitrogen and oxygen atoms in total. The fraction of sp³-hybridized carbons (Fsp3) is 0.455. The van der Waals surface area contributed by atoms with Gasteiger partial charge in [-0.05, 0) is 32.1 Å². The molecule has 1 fully saturated rings. The Labute approximate surface area is 92.2 Å². The van der Waals surface area contributed by atoms with Crippen LogP contribution in [0.5, 0.6) is 0 Å². The van der Waals surface area contributed by atoms with Gasteiger partial charge >= 0.3 is 0 Å². The highest BCUT2D eigenvalue weighted by Crippen LogP contribution is 2.36. The molecule has 15 heavy (non-hydrogen) atoms. The summed E-state index contributed by atoms with van der Waals surface area (Å²) in [6.45, 7) is 2.01. The number of rotatable bonds is 3. The normalized spacial score (nSPS) is 15.8. The van der Waals surface area contributed by atoms with Gasteiger partial charge in [0.2, 0.25) is 0 Å². The zero-order valence-corrected chi connectivity index (χ0v) is 9.38. The predicted molar refractivity (Wildman–Crippen MR) is 58.8 cm³/mol. The number of oxazole rings is 1. The highest BCUT2D eigenvalue weighted by atomic mass is 32.1. The zero-order valence-electron chi connectivity index (χ0n) is 8.56. The maximum Gasteiger partial charge on any atom is 0.181 e. The minimum absolute atomic E-state index is 0.835. The van der Waals surface area contributed by atoms with Gasteiger partial charge in [0.15, 0.2) is 12.2 Å². The lowest BCUT2D eigenvalue weighted by molar-refractivity contribution is 0.571. The maximum atomic E-state index is 5.48. The van der Waals surface area contributed by atoms with Gasteiger partial charge in [-0.1, -0.05) is 0 Å². The molecular weight excluding hydrogens is 208 g/mol. The lowest BCUT2D eigenvalue weighted by Crippen LogP contribution is -1.90. The van der Waals surface area contributed by atoms with E-state index in [0.717, 1.165) is 34.4 Å². The van der Waals surface area contributed by atoms with Crippen molar-refractivity contribution in [3.63, 3.8) is 0 Å². The van der Waals surface area contributed by atoms with Crippen LogP contribution >= 0.6 is 11.3 Å². The van der Waals surface area contributed by atoms with E-state index in [9.17, 15) is 0 Å². The average molecular weight is 220 g/mol. The molecule has 78 valence electrons. The minimum Gasteiger partial charge on any atom is -0.442 e. The van der Waals surface area contributed by atoms with Crippen LogP contribution in [0.25, 0.3) is 10.6 Å². The number of thiazole rings is 1. The quantitative estimate of drug-likeness (QED) is 0.798. The summed E-state index contributed by atoms with van der Waals surface area (Å²) in [6.07, 6.45) is 5.29. The average Bonchev–Trinajstić information content (AvgIpc) is 2.74. The van der Waals surface area contributed by atoms with Crippen LogP contribution in [0.15, 0.2) is 16.3 Å². The van der Waals surface area contributed by atoms with Crippen molar-refractivity contribution in [3.05, 3.63) is 23.3 Å². The topological polar surface area (TPSA) is 38.9 Å². The van der Waals surface area contributed by atoms with Crippen LogP contribution in [0.4, 0.5) is 0 Å². The Morgan fingerprint density at radius 2 is 2.33 bits per heavy atom. The fourth-order valence-electron chi connectivity index (χ4n) is 1.71. The number of aromatic nitrogens is 2. The minimum atomic E-state index is 0.835. The molecule has 0 aliphatic heterocycles. The van der Waals surface area contributed by atoms with Gasteiger partial charge in [-0.25, -0.2) is 9.97 Å². The second-order valence-electron chi connectivity index (χ2n) is 4.04. The fourth-order valence-corrected chi connectivity index (χ4v) is 2.53. The molecule has 0 unspecified atom stereocenters. The molecule has 2 aromatic heterocycles. The van der Waals surface area contributed by atoms with Crippen LogP contribution in [-0.4, -0.2) is 9.97 Å². The largest absolute Gasteiger partial charge is 0.442 e. The van der Waals surface area contributed by atoms with E-state index in [-0.39, 0.29) is 0 Å². The Kier molecular flexibility index (Phi) is 2.09.